The van der Waals surface area contributed by atoms with E-state index in [0.717, 1.165) is 14.7 Å². The summed E-state index contributed by atoms with van der Waals surface area (Å²) in [5.41, 5.74) is 11.9. The topological polar surface area (TPSA) is 121 Å². The van der Waals surface area contributed by atoms with Crippen LogP contribution in [0.3, 0.4) is 0 Å². The van der Waals surface area contributed by atoms with Crippen molar-refractivity contribution in [1.29, 1.82) is 5.41 Å². The summed E-state index contributed by atoms with van der Waals surface area (Å²) in [6, 6.07) is 9.05. The van der Waals surface area contributed by atoms with E-state index in [4.69, 9.17) is 33.2 Å². The predicted molar refractivity (Wildman–Crippen MR) is 104 cm³/mol. The lowest BCUT2D eigenvalue weighted by molar-refractivity contribution is 0.0864. The second kappa shape index (κ2) is 7.36. The van der Waals surface area contributed by atoms with Crippen LogP contribution in [-0.4, -0.2) is 28.8 Å². The minimum absolute atomic E-state index is 0.275. The van der Waals surface area contributed by atoms with Crippen LogP contribution in [-0.2, 0) is 13.2 Å². The number of carbonyl (C=O) groups is 1. The minimum Gasteiger partial charge on any atom is -0.486 e. The van der Waals surface area contributed by atoms with E-state index in [1.165, 1.54) is 7.05 Å². The van der Waals surface area contributed by atoms with Gasteiger partial charge in [0.2, 0.25) is 0 Å². The van der Waals surface area contributed by atoms with Gasteiger partial charge in [0, 0.05) is 28.7 Å². The Kier molecular flexibility index (Phi) is 5.17. The summed E-state index contributed by atoms with van der Waals surface area (Å²) in [7, 11) is 1.43. The zero-order valence-electron chi connectivity index (χ0n) is 14.0. The molecule has 0 atom stereocenters. The van der Waals surface area contributed by atoms with Crippen LogP contribution < -0.4 is 16.2 Å². The van der Waals surface area contributed by atoms with Gasteiger partial charge >= 0.3 is 0 Å². The number of amides is 1. The number of thiophene rings is 1. The number of nitrogens with two attached hydrogens (primary N) is 2. The third-order valence-corrected chi connectivity index (χ3v) is 5.30. The number of fused-ring (bicyclic) bond motifs is 1. The van der Waals surface area contributed by atoms with Crippen LogP contribution >= 0.6 is 22.9 Å². The highest BCUT2D eigenvalue weighted by Crippen LogP contribution is 2.33. The summed E-state index contributed by atoms with van der Waals surface area (Å²) in [6.45, 7) is 0.888. The Hall–Kier alpha value is -2.55. The van der Waals surface area contributed by atoms with Crippen LogP contribution in [0, 0.1) is 5.41 Å². The van der Waals surface area contributed by atoms with Crippen LogP contribution in [0.25, 0.3) is 10.9 Å². The SMILES string of the molecule is CN(C(=N)N)C(=O)c1cc2c(Cl)ccc(OCc3ccc(CN)s3)c2[nH]1. The molecule has 1 aromatic carbocycles. The average molecular weight is 392 g/mol. The van der Waals surface area contributed by atoms with Gasteiger partial charge < -0.3 is 21.2 Å². The van der Waals surface area contributed by atoms with E-state index < -0.39 is 5.91 Å². The lowest BCUT2D eigenvalue weighted by atomic mass is 10.2. The number of aromatic amines is 1. The molecule has 136 valence electrons. The van der Waals surface area contributed by atoms with Crippen molar-refractivity contribution in [2.45, 2.75) is 13.2 Å². The van der Waals surface area contributed by atoms with Crippen molar-refractivity contribution in [2.24, 2.45) is 11.5 Å². The largest absolute Gasteiger partial charge is 0.486 e. The molecule has 6 N–H and O–H groups in total. The van der Waals surface area contributed by atoms with Crippen molar-refractivity contribution in [3.8, 4) is 5.75 Å². The Bertz CT molecular complexity index is 981. The van der Waals surface area contributed by atoms with Gasteiger partial charge in [-0.2, -0.15) is 0 Å². The van der Waals surface area contributed by atoms with Crippen molar-refractivity contribution in [3.63, 3.8) is 0 Å². The predicted octanol–water partition coefficient (Wildman–Crippen LogP) is 2.89. The van der Waals surface area contributed by atoms with E-state index in [2.05, 4.69) is 4.98 Å². The Morgan fingerprint density at radius 2 is 2.08 bits per heavy atom. The molecule has 0 fully saturated rings. The number of ether oxygens (including phenoxy) is 1. The van der Waals surface area contributed by atoms with E-state index >= 15 is 0 Å². The molecule has 0 unspecified atom stereocenters. The number of guanidine groups is 1. The van der Waals surface area contributed by atoms with E-state index in [1.54, 1.807) is 29.5 Å². The fraction of sp³-hybridized carbons (Fsp3) is 0.176. The quantitative estimate of drug-likeness (QED) is 0.394. The van der Waals surface area contributed by atoms with Gasteiger partial charge in [-0.3, -0.25) is 15.1 Å². The number of hydrogen-bond acceptors (Lipinski definition) is 5. The van der Waals surface area contributed by atoms with Crippen LogP contribution in [0.15, 0.2) is 30.3 Å². The summed E-state index contributed by atoms with van der Waals surface area (Å²) in [5.74, 6) is -0.192. The molecule has 3 rings (SSSR count). The fourth-order valence-corrected chi connectivity index (χ4v) is 3.47. The van der Waals surface area contributed by atoms with Crippen LogP contribution in [0.4, 0.5) is 0 Å². The van der Waals surface area contributed by atoms with E-state index in [1.807, 2.05) is 12.1 Å². The van der Waals surface area contributed by atoms with Gasteiger partial charge in [0.25, 0.3) is 5.91 Å². The van der Waals surface area contributed by atoms with Crippen LogP contribution in [0.2, 0.25) is 5.02 Å². The van der Waals surface area contributed by atoms with Crippen molar-refractivity contribution in [1.82, 2.24) is 9.88 Å². The first-order valence-electron chi connectivity index (χ1n) is 7.74. The number of nitrogens with zero attached hydrogens (tertiary/aromatic N) is 1. The fourth-order valence-electron chi connectivity index (χ4n) is 2.44. The Balaban J connectivity index is 1.90. The van der Waals surface area contributed by atoms with Gasteiger partial charge in [0.1, 0.15) is 18.1 Å². The number of H-pyrrole nitrogens is 1. The first-order valence-corrected chi connectivity index (χ1v) is 8.94. The molecule has 0 aliphatic heterocycles. The summed E-state index contributed by atoms with van der Waals surface area (Å²) in [4.78, 5) is 18.6. The average Bonchev–Trinajstić information content (AvgIpc) is 3.27. The molecule has 26 heavy (non-hydrogen) atoms. The summed E-state index contributed by atoms with van der Waals surface area (Å²) in [5, 5.41) is 8.55. The number of carbonyl (C=O) groups excluding carboxylic acids is 1. The van der Waals surface area contributed by atoms with Gasteiger partial charge in [0.05, 0.1) is 10.5 Å². The van der Waals surface area contributed by atoms with Gasteiger partial charge in [-0.05, 0) is 30.3 Å². The maximum absolute atomic E-state index is 12.4. The second-order valence-corrected chi connectivity index (χ2v) is 7.29. The van der Waals surface area contributed by atoms with Crippen molar-refractivity contribution < 1.29 is 9.53 Å². The molecule has 0 saturated heterocycles. The van der Waals surface area contributed by atoms with Crippen molar-refractivity contribution in [2.75, 3.05) is 7.05 Å². The van der Waals surface area contributed by atoms with Gasteiger partial charge in [-0.25, -0.2) is 0 Å². The number of halogens is 1. The second-order valence-electron chi connectivity index (χ2n) is 5.63. The van der Waals surface area contributed by atoms with Crippen LogP contribution in [0.5, 0.6) is 5.75 Å². The van der Waals surface area contributed by atoms with Crippen molar-refractivity contribution >= 4 is 45.7 Å². The molecule has 9 heteroatoms. The lowest BCUT2D eigenvalue weighted by Crippen LogP contribution is -2.38. The normalized spacial score (nSPS) is 10.9. The molecule has 0 aliphatic rings. The van der Waals surface area contributed by atoms with Gasteiger partial charge in [0.15, 0.2) is 5.96 Å². The molecule has 0 spiro atoms. The third-order valence-electron chi connectivity index (χ3n) is 3.89. The third kappa shape index (κ3) is 3.52. The maximum atomic E-state index is 12.4. The zero-order chi connectivity index (χ0) is 18.8. The number of aromatic nitrogens is 1. The molecule has 7 nitrogen and oxygen atoms in total. The van der Waals surface area contributed by atoms with Gasteiger partial charge in [-0.1, -0.05) is 11.6 Å². The smallest absolute Gasteiger partial charge is 0.276 e. The first kappa shape index (κ1) is 18.2. The molecular weight excluding hydrogens is 374 g/mol. The number of benzene rings is 1. The molecule has 1 amide bonds. The molecule has 2 heterocycles. The highest BCUT2D eigenvalue weighted by atomic mass is 35.5. The summed E-state index contributed by atoms with van der Waals surface area (Å²) >= 11 is 7.84. The van der Waals surface area contributed by atoms with Crippen molar-refractivity contribution in [3.05, 3.63) is 50.8 Å². The lowest BCUT2D eigenvalue weighted by Gasteiger charge is -2.12. The number of nitrogens with one attached hydrogen (secondary N) is 2. The monoisotopic (exact) mass is 391 g/mol. The van der Waals surface area contributed by atoms with E-state index in [-0.39, 0.29) is 11.7 Å². The maximum Gasteiger partial charge on any atom is 0.276 e. The van der Waals surface area contributed by atoms with E-state index in [9.17, 15) is 4.79 Å². The molecule has 0 bridgehead atoms. The molecule has 0 saturated carbocycles. The molecule has 0 aliphatic carbocycles. The number of rotatable bonds is 5. The highest BCUT2D eigenvalue weighted by molar-refractivity contribution is 7.11. The Morgan fingerprint density at radius 1 is 1.35 bits per heavy atom. The zero-order valence-corrected chi connectivity index (χ0v) is 15.6. The summed E-state index contributed by atoms with van der Waals surface area (Å²) < 4.78 is 5.91. The number of hydrogen-bond donors (Lipinski definition) is 4. The molecule has 2 aromatic heterocycles. The summed E-state index contributed by atoms with van der Waals surface area (Å²) in [6.07, 6.45) is 0. The molecular formula is C17H18ClN5O2S. The first-order chi connectivity index (χ1) is 12.4. The van der Waals surface area contributed by atoms with Crippen LogP contribution in [0.1, 0.15) is 20.2 Å². The highest BCUT2D eigenvalue weighted by Gasteiger charge is 2.19. The molecule has 0 radical (unpaired) electrons. The van der Waals surface area contributed by atoms with Gasteiger partial charge in [-0.15, -0.1) is 11.3 Å². The minimum atomic E-state index is -0.429. The van der Waals surface area contributed by atoms with E-state index in [0.29, 0.717) is 34.8 Å². The Morgan fingerprint density at radius 3 is 2.73 bits per heavy atom. The standard InChI is InChI=1S/C17H18ClN5O2S/c1-23(17(20)21)16(24)13-6-11-12(18)4-5-14(15(11)22-13)25-8-10-3-2-9(7-19)26-10/h2-6,22H,7-8,19H2,1H3,(H3,20,21). The molecule has 3 aromatic rings. The Labute approximate surface area is 159 Å².